The van der Waals surface area contributed by atoms with Crippen LogP contribution < -0.4 is 10.6 Å². The first kappa shape index (κ1) is 14.8. The molecule has 0 aromatic rings. The van der Waals surface area contributed by atoms with E-state index in [1.54, 1.807) is 7.11 Å². The summed E-state index contributed by atoms with van der Waals surface area (Å²) in [5.74, 6) is 0.927. The Balaban J connectivity index is 1.86. The summed E-state index contributed by atoms with van der Waals surface area (Å²) in [5.41, 5.74) is -0.295. The van der Waals surface area contributed by atoms with Crippen LogP contribution in [0.3, 0.4) is 0 Å². The first-order valence-electron chi connectivity index (χ1n) is 7.59. The monoisotopic (exact) mass is 268 g/mol. The molecule has 1 aliphatic heterocycles. The first-order valence-corrected chi connectivity index (χ1v) is 7.59. The van der Waals surface area contributed by atoms with Crippen molar-refractivity contribution in [3.05, 3.63) is 0 Å². The van der Waals surface area contributed by atoms with Crippen molar-refractivity contribution in [2.24, 2.45) is 5.92 Å². The molecule has 0 radical (unpaired) electrons. The fourth-order valence-corrected chi connectivity index (χ4v) is 3.52. The molecular formula is C15H28N2O2. The van der Waals surface area contributed by atoms with Gasteiger partial charge in [0.05, 0.1) is 18.2 Å². The molecule has 0 bridgehead atoms. The van der Waals surface area contributed by atoms with Crippen LogP contribution in [0.15, 0.2) is 0 Å². The Kier molecular flexibility index (Phi) is 4.85. The summed E-state index contributed by atoms with van der Waals surface area (Å²) in [7, 11) is 1.67. The number of nitrogens with one attached hydrogen (secondary N) is 2. The van der Waals surface area contributed by atoms with Gasteiger partial charge >= 0.3 is 0 Å². The molecule has 1 aliphatic carbocycles. The van der Waals surface area contributed by atoms with Crippen LogP contribution in [0.4, 0.5) is 0 Å². The number of carbonyl (C=O) groups excluding carboxylic acids is 1. The summed E-state index contributed by atoms with van der Waals surface area (Å²) in [4.78, 5) is 12.3. The van der Waals surface area contributed by atoms with Crippen LogP contribution in [0, 0.1) is 5.92 Å². The third-order valence-corrected chi connectivity index (χ3v) is 4.43. The van der Waals surface area contributed by atoms with Gasteiger partial charge in [-0.1, -0.05) is 12.8 Å². The van der Waals surface area contributed by atoms with E-state index in [0.29, 0.717) is 12.6 Å². The zero-order valence-corrected chi connectivity index (χ0v) is 12.5. The molecule has 1 amide bonds. The van der Waals surface area contributed by atoms with E-state index in [0.717, 1.165) is 12.3 Å². The second-order valence-corrected chi connectivity index (χ2v) is 6.75. The van der Waals surface area contributed by atoms with Crippen molar-refractivity contribution in [1.29, 1.82) is 0 Å². The highest BCUT2D eigenvalue weighted by atomic mass is 16.5. The van der Waals surface area contributed by atoms with E-state index in [1.165, 1.54) is 32.1 Å². The van der Waals surface area contributed by atoms with Crippen molar-refractivity contribution >= 4 is 5.91 Å². The number of piperidine rings is 1. The highest BCUT2D eigenvalue weighted by molar-refractivity contribution is 5.82. The Hall–Kier alpha value is -0.610. The second-order valence-electron chi connectivity index (χ2n) is 6.75. The van der Waals surface area contributed by atoms with E-state index >= 15 is 0 Å². The van der Waals surface area contributed by atoms with Crippen molar-refractivity contribution in [3.63, 3.8) is 0 Å². The third kappa shape index (κ3) is 3.93. The van der Waals surface area contributed by atoms with Gasteiger partial charge in [0.1, 0.15) is 0 Å². The Morgan fingerprint density at radius 3 is 2.74 bits per heavy atom. The lowest BCUT2D eigenvalue weighted by atomic mass is 9.77. The van der Waals surface area contributed by atoms with E-state index in [1.807, 2.05) is 13.8 Å². The van der Waals surface area contributed by atoms with E-state index in [2.05, 4.69) is 10.6 Å². The van der Waals surface area contributed by atoms with Gasteiger partial charge in [-0.05, 0) is 45.4 Å². The van der Waals surface area contributed by atoms with Crippen LogP contribution >= 0.6 is 0 Å². The molecule has 3 unspecified atom stereocenters. The van der Waals surface area contributed by atoms with Crippen LogP contribution in [-0.2, 0) is 9.53 Å². The molecule has 1 heterocycles. The summed E-state index contributed by atoms with van der Waals surface area (Å²) in [6.45, 7) is 4.54. The largest absolute Gasteiger partial charge is 0.382 e. The number of hydrogen-bond acceptors (Lipinski definition) is 3. The van der Waals surface area contributed by atoms with E-state index in [9.17, 15) is 4.79 Å². The maximum Gasteiger partial charge on any atom is 0.237 e. The van der Waals surface area contributed by atoms with Gasteiger partial charge in [-0.3, -0.25) is 4.79 Å². The minimum atomic E-state index is -0.295. The second kappa shape index (κ2) is 6.23. The van der Waals surface area contributed by atoms with Crippen LogP contribution in [-0.4, -0.2) is 37.2 Å². The predicted molar refractivity (Wildman–Crippen MR) is 76.0 cm³/mol. The van der Waals surface area contributed by atoms with Crippen LogP contribution in [0.2, 0.25) is 0 Å². The summed E-state index contributed by atoms with van der Waals surface area (Å²) in [6, 6.07) is 0.541. The number of carbonyl (C=O) groups is 1. The van der Waals surface area contributed by atoms with Crippen molar-refractivity contribution in [2.75, 3.05) is 13.7 Å². The molecule has 2 rings (SSSR count). The van der Waals surface area contributed by atoms with Crippen molar-refractivity contribution in [2.45, 2.75) is 70.0 Å². The van der Waals surface area contributed by atoms with Gasteiger partial charge in [0.15, 0.2) is 0 Å². The number of amides is 1. The molecule has 110 valence electrons. The van der Waals surface area contributed by atoms with E-state index in [-0.39, 0.29) is 17.5 Å². The normalized spacial score (nSPS) is 31.6. The average Bonchev–Trinajstić information content (AvgIpc) is 2.37. The molecule has 0 aromatic carbocycles. The van der Waals surface area contributed by atoms with Crippen molar-refractivity contribution < 1.29 is 9.53 Å². The van der Waals surface area contributed by atoms with Gasteiger partial charge < -0.3 is 15.4 Å². The topological polar surface area (TPSA) is 50.4 Å². The molecular weight excluding hydrogens is 240 g/mol. The van der Waals surface area contributed by atoms with Gasteiger partial charge in [-0.2, -0.15) is 0 Å². The Labute approximate surface area is 116 Å². The number of hydrogen-bond donors (Lipinski definition) is 2. The van der Waals surface area contributed by atoms with Crippen LogP contribution in [0.5, 0.6) is 0 Å². The van der Waals surface area contributed by atoms with E-state index < -0.39 is 0 Å². The molecule has 4 heteroatoms. The Bertz CT molecular complexity index is 317. The molecule has 1 saturated heterocycles. The maximum atomic E-state index is 12.3. The van der Waals surface area contributed by atoms with Crippen LogP contribution in [0.1, 0.15) is 52.4 Å². The highest BCUT2D eigenvalue weighted by Gasteiger charge is 2.35. The quantitative estimate of drug-likeness (QED) is 0.818. The average molecular weight is 268 g/mol. The Morgan fingerprint density at radius 1 is 1.26 bits per heavy atom. The van der Waals surface area contributed by atoms with Gasteiger partial charge in [-0.25, -0.2) is 0 Å². The standard InChI is InChI=1S/C15H28N2O2/c1-15(2,10-19-3)17-14(18)13-9-8-11-6-4-5-7-12(11)16-13/h11-13,16H,4-10H2,1-3H3,(H,17,18). The molecule has 0 spiro atoms. The smallest absolute Gasteiger partial charge is 0.237 e. The summed E-state index contributed by atoms with van der Waals surface area (Å²) < 4.78 is 5.15. The zero-order valence-electron chi connectivity index (χ0n) is 12.5. The van der Waals surface area contributed by atoms with Crippen molar-refractivity contribution in [1.82, 2.24) is 10.6 Å². The fourth-order valence-electron chi connectivity index (χ4n) is 3.52. The number of fused-ring (bicyclic) bond motifs is 1. The fraction of sp³-hybridized carbons (Fsp3) is 0.933. The predicted octanol–water partition coefficient (Wildman–Crippen LogP) is 1.84. The lowest BCUT2D eigenvalue weighted by Gasteiger charge is -2.40. The summed E-state index contributed by atoms with van der Waals surface area (Å²) in [5, 5.41) is 6.66. The molecule has 2 fully saturated rings. The van der Waals surface area contributed by atoms with E-state index in [4.69, 9.17) is 4.74 Å². The first-order chi connectivity index (χ1) is 9.02. The molecule has 2 N–H and O–H groups in total. The molecule has 4 nitrogen and oxygen atoms in total. The number of ether oxygens (including phenoxy) is 1. The lowest BCUT2D eigenvalue weighted by molar-refractivity contribution is -0.126. The minimum absolute atomic E-state index is 0.0181. The maximum absolute atomic E-state index is 12.3. The molecule has 1 saturated carbocycles. The highest BCUT2D eigenvalue weighted by Crippen LogP contribution is 2.32. The Morgan fingerprint density at radius 2 is 2.00 bits per heavy atom. The zero-order chi connectivity index (χ0) is 13.9. The van der Waals surface area contributed by atoms with Crippen LogP contribution in [0.25, 0.3) is 0 Å². The molecule has 0 aromatic heterocycles. The molecule has 3 atom stereocenters. The summed E-state index contributed by atoms with van der Waals surface area (Å²) in [6.07, 6.45) is 7.39. The number of rotatable bonds is 4. The van der Waals surface area contributed by atoms with Crippen molar-refractivity contribution in [3.8, 4) is 0 Å². The minimum Gasteiger partial charge on any atom is -0.382 e. The summed E-state index contributed by atoms with van der Waals surface area (Å²) >= 11 is 0. The molecule has 2 aliphatic rings. The van der Waals surface area contributed by atoms with Gasteiger partial charge in [0, 0.05) is 13.2 Å². The number of methoxy groups -OCH3 is 1. The third-order valence-electron chi connectivity index (χ3n) is 4.43. The molecule has 19 heavy (non-hydrogen) atoms. The van der Waals surface area contributed by atoms with Gasteiger partial charge in [0.25, 0.3) is 0 Å². The lowest BCUT2D eigenvalue weighted by Crippen LogP contribution is -2.58. The van der Waals surface area contributed by atoms with Gasteiger partial charge in [0.2, 0.25) is 5.91 Å². The van der Waals surface area contributed by atoms with Gasteiger partial charge in [-0.15, -0.1) is 0 Å². The SMILES string of the molecule is COCC(C)(C)NC(=O)C1CCC2CCCCC2N1.